The number of hydrogen-bond acceptors (Lipinski definition) is 3. The Morgan fingerprint density at radius 3 is 2.86 bits per heavy atom. The molecule has 1 aromatic rings. The van der Waals surface area contributed by atoms with Gasteiger partial charge in [-0.15, -0.1) is 0 Å². The zero-order valence-electron chi connectivity index (χ0n) is 8.72. The molecule has 0 atom stereocenters. The number of H-pyrrole nitrogens is 1. The van der Waals surface area contributed by atoms with Gasteiger partial charge in [-0.05, 0) is 21.0 Å². The minimum atomic E-state index is -0.0256. The first kappa shape index (κ1) is 10.7. The minimum absolute atomic E-state index is 0.0256. The second-order valence-corrected chi connectivity index (χ2v) is 3.42. The molecule has 2 N–H and O–H groups in total. The molecule has 1 radical (unpaired) electrons. The van der Waals surface area contributed by atoms with E-state index in [0.717, 1.165) is 12.1 Å². The Morgan fingerprint density at radius 1 is 1.64 bits per heavy atom. The van der Waals surface area contributed by atoms with E-state index < -0.39 is 0 Å². The first-order valence-electron chi connectivity index (χ1n) is 4.47. The summed E-state index contributed by atoms with van der Waals surface area (Å²) in [6.07, 6.45) is 3.25. The summed E-state index contributed by atoms with van der Waals surface area (Å²) in [6.45, 7) is 2.57. The van der Waals surface area contributed by atoms with Crippen LogP contribution in [0.15, 0.2) is 0 Å². The van der Waals surface area contributed by atoms with Crippen molar-refractivity contribution >= 4 is 11.7 Å². The molecule has 0 saturated heterocycles. The average molecular weight is 195 g/mol. The summed E-state index contributed by atoms with van der Waals surface area (Å²) in [5.74, 6) is 0.538. The third-order valence-electron chi connectivity index (χ3n) is 1.81. The minimum Gasteiger partial charge on any atom is -0.309 e. The van der Waals surface area contributed by atoms with Gasteiger partial charge in [0.1, 0.15) is 0 Å². The number of nitrogens with zero attached hydrogens (tertiary/aromatic N) is 2. The highest BCUT2D eigenvalue weighted by molar-refractivity contribution is 5.90. The van der Waals surface area contributed by atoms with Crippen molar-refractivity contribution in [1.29, 1.82) is 0 Å². The Hall–Kier alpha value is -1.36. The van der Waals surface area contributed by atoms with Gasteiger partial charge < -0.3 is 10.2 Å². The largest absolute Gasteiger partial charge is 0.309 e. The highest BCUT2D eigenvalue weighted by atomic mass is 16.1. The van der Waals surface area contributed by atoms with Gasteiger partial charge in [-0.3, -0.25) is 9.89 Å². The molecule has 0 aliphatic heterocycles. The highest BCUT2D eigenvalue weighted by Gasteiger charge is 2.06. The van der Waals surface area contributed by atoms with Gasteiger partial charge in [0.05, 0.1) is 6.20 Å². The summed E-state index contributed by atoms with van der Waals surface area (Å²) in [4.78, 5) is 13.3. The molecule has 77 valence electrons. The molecule has 0 unspecified atom stereocenters. The summed E-state index contributed by atoms with van der Waals surface area (Å²) in [5.41, 5.74) is 0.822. The fraction of sp³-hybridized carbons (Fsp3) is 0.556. The van der Waals surface area contributed by atoms with E-state index in [1.807, 2.05) is 25.9 Å². The molecule has 5 nitrogen and oxygen atoms in total. The van der Waals surface area contributed by atoms with E-state index >= 15 is 0 Å². The van der Waals surface area contributed by atoms with Crippen molar-refractivity contribution in [2.24, 2.45) is 0 Å². The van der Waals surface area contributed by atoms with E-state index in [-0.39, 0.29) is 5.91 Å². The van der Waals surface area contributed by atoms with Gasteiger partial charge in [0.25, 0.3) is 0 Å². The summed E-state index contributed by atoms with van der Waals surface area (Å²) >= 11 is 0. The smallest absolute Gasteiger partial charge is 0.226 e. The van der Waals surface area contributed by atoms with Crippen molar-refractivity contribution in [2.45, 2.75) is 13.3 Å². The molecule has 0 saturated carbocycles. The lowest BCUT2D eigenvalue weighted by Gasteiger charge is -2.08. The fourth-order valence-electron chi connectivity index (χ4n) is 0.952. The lowest BCUT2D eigenvalue weighted by Crippen LogP contribution is -2.21. The van der Waals surface area contributed by atoms with Crippen LogP contribution in [0.4, 0.5) is 5.82 Å². The van der Waals surface area contributed by atoms with Gasteiger partial charge in [-0.25, -0.2) is 0 Å². The van der Waals surface area contributed by atoms with Gasteiger partial charge in [0, 0.05) is 18.5 Å². The van der Waals surface area contributed by atoms with Crippen LogP contribution in [0.2, 0.25) is 0 Å². The van der Waals surface area contributed by atoms with Gasteiger partial charge in [0.2, 0.25) is 5.91 Å². The number of hydrogen-bond donors (Lipinski definition) is 2. The van der Waals surface area contributed by atoms with Crippen molar-refractivity contribution in [3.63, 3.8) is 0 Å². The number of aryl methyl sites for hydroxylation is 1. The summed E-state index contributed by atoms with van der Waals surface area (Å²) in [7, 11) is 3.86. The number of carbonyl (C=O) groups excluding carboxylic acids is 1. The lowest BCUT2D eigenvalue weighted by atomic mass is 10.3. The van der Waals surface area contributed by atoms with Gasteiger partial charge in [-0.2, -0.15) is 5.10 Å². The van der Waals surface area contributed by atoms with Gasteiger partial charge >= 0.3 is 0 Å². The third-order valence-corrected chi connectivity index (χ3v) is 1.81. The molecule has 1 amide bonds. The van der Waals surface area contributed by atoms with Crippen LogP contribution >= 0.6 is 0 Å². The van der Waals surface area contributed by atoms with E-state index in [1.165, 1.54) is 0 Å². The van der Waals surface area contributed by atoms with Crippen molar-refractivity contribution < 1.29 is 4.79 Å². The molecule has 0 aliphatic rings. The molecule has 5 heteroatoms. The molecule has 0 spiro atoms. The Kier molecular flexibility index (Phi) is 3.64. The van der Waals surface area contributed by atoms with Crippen LogP contribution in [-0.4, -0.2) is 41.6 Å². The molecular weight excluding hydrogens is 180 g/mol. The standard InChI is InChI=1S/C9H15N4O/c1-7-6-10-12-9(7)11-8(14)4-5-13(2)3/h4-5H2,1-3H3,(H2,10,11,12,14). The summed E-state index contributed by atoms with van der Waals surface area (Å²) < 4.78 is 0. The van der Waals surface area contributed by atoms with Crippen LogP contribution in [0.1, 0.15) is 12.0 Å². The number of rotatable bonds is 4. The van der Waals surface area contributed by atoms with Gasteiger partial charge in [0.15, 0.2) is 5.82 Å². The third kappa shape index (κ3) is 3.18. The first-order chi connectivity index (χ1) is 6.59. The molecule has 0 fully saturated rings. The molecule has 1 heterocycles. The molecule has 0 aromatic carbocycles. The number of amides is 1. The Bertz CT molecular complexity index is 306. The molecule has 0 bridgehead atoms. The topological polar surface area (TPSA) is 61.0 Å². The fourth-order valence-corrected chi connectivity index (χ4v) is 0.952. The molecular formula is C9H15N4O. The van der Waals surface area contributed by atoms with Crippen LogP contribution in [0.3, 0.4) is 0 Å². The second-order valence-electron chi connectivity index (χ2n) is 3.42. The number of aromatic amines is 1. The van der Waals surface area contributed by atoms with Crippen LogP contribution < -0.4 is 5.32 Å². The number of nitrogens with one attached hydrogen (secondary N) is 2. The monoisotopic (exact) mass is 195 g/mol. The quantitative estimate of drug-likeness (QED) is 0.731. The second kappa shape index (κ2) is 4.76. The Labute approximate surface area is 83.5 Å². The maximum absolute atomic E-state index is 11.4. The summed E-state index contributed by atoms with van der Waals surface area (Å²) in [5, 5.41) is 9.13. The highest BCUT2D eigenvalue weighted by Crippen LogP contribution is 2.07. The SMILES string of the molecule is Cc1[c][nH]nc1NC(=O)CCN(C)C. The Balaban J connectivity index is 2.38. The Morgan fingerprint density at radius 2 is 2.36 bits per heavy atom. The van der Waals surface area contributed by atoms with Crippen molar-refractivity contribution in [3.8, 4) is 0 Å². The molecule has 0 aliphatic carbocycles. The van der Waals surface area contributed by atoms with Crippen LogP contribution in [0.5, 0.6) is 0 Å². The van der Waals surface area contributed by atoms with Crippen LogP contribution in [-0.2, 0) is 4.79 Å². The van der Waals surface area contributed by atoms with E-state index in [9.17, 15) is 4.79 Å². The number of anilines is 1. The van der Waals surface area contributed by atoms with Crippen molar-refractivity contribution in [1.82, 2.24) is 15.1 Å². The van der Waals surface area contributed by atoms with E-state index in [2.05, 4.69) is 21.7 Å². The van der Waals surface area contributed by atoms with Crippen LogP contribution in [0, 0.1) is 13.1 Å². The summed E-state index contributed by atoms with van der Waals surface area (Å²) in [6, 6.07) is 0. The maximum atomic E-state index is 11.4. The number of aromatic nitrogens is 2. The molecule has 1 rings (SSSR count). The maximum Gasteiger partial charge on any atom is 0.226 e. The van der Waals surface area contributed by atoms with E-state index in [4.69, 9.17) is 0 Å². The van der Waals surface area contributed by atoms with Crippen molar-refractivity contribution in [2.75, 3.05) is 26.0 Å². The zero-order valence-corrected chi connectivity index (χ0v) is 8.72. The number of carbonyl (C=O) groups is 1. The molecule has 1 aromatic heterocycles. The predicted octanol–water partition coefficient (Wildman–Crippen LogP) is 0.409. The van der Waals surface area contributed by atoms with E-state index in [1.54, 1.807) is 0 Å². The molecule has 14 heavy (non-hydrogen) atoms. The average Bonchev–Trinajstić information content (AvgIpc) is 2.49. The first-order valence-corrected chi connectivity index (χ1v) is 4.47. The van der Waals surface area contributed by atoms with E-state index in [0.29, 0.717) is 12.2 Å². The lowest BCUT2D eigenvalue weighted by molar-refractivity contribution is -0.116. The predicted molar refractivity (Wildman–Crippen MR) is 54.0 cm³/mol. The van der Waals surface area contributed by atoms with Gasteiger partial charge in [-0.1, -0.05) is 0 Å². The zero-order chi connectivity index (χ0) is 10.6. The van der Waals surface area contributed by atoms with Crippen molar-refractivity contribution in [3.05, 3.63) is 11.8 Å². The normalized spacial score (nSPS) is 10.6. The van der Waals surface area contributed by atoms with Crippen LogP contribution in [0.25, 0.3) is 0 Å².